The maximum Gasteiger partial charge on any atom is 0.0228 e. The zero-order valence-corrected chi connectivity index (χ0v) is 9.28. The van der Waals surface area contributed by atoms with Crippen molar-refractivity contribution >= 4 is 0 Å². The molecule has 0 aromatic heterocycles. The summed E-state index contributed by atoms with van der Waals surface area (Å²) < 4.78 is 18.0. The van der Waals surface area contributed by atoms with Crippen molar-refractivity contribution in [3.63, 3.8) is 0 Å². The molecule has 0 saturated heterocycles. The fourth-order valence-corrected chi connectivity index (χ4v) is 0. The van der Waals surface area contributed by atoms with Crippen molar-refractivity contribution in [2.24, 2.45) is 0 Å². The van der Waals surface area contributed by atoms with E-state index in [0.29, 0.717) is 6.90 Å². The van der Waals surface area contributed by atoms with Gasteiger partial charge in [0.05, 0.1) is 0 Å². The Morgan fingerprint density at radius 1 is 1.07 bits per heavy atom. The van der Waals surface area contributed by atoms with Gasteiger partial charge in [-0.1, -0.05) is 63.8 Å². The third-order valence-corrected chi connectivity index (χ3v) is 0. The van der Waals surface area contributed by atoms with Gasteiger partial charge in [0.15, 0.2) is 0 Å². The van der Waals surface area contributed by atoms with Crippen LogP contribution in [0.25, 0.3) is 0 Å². The molecule has 0 spiro atoms. The van der Waals surface area contributed by atoms with Crippen LogP contribution in [0.2, 0.25) is 0 Å². The average Bonchev–Trinajstić information content (AvgIpc) is 2.09. The SMILES string of the molecule is C.C.C.C#CC.C#CC.CCC.[3H]CC.[3H]C[3H]. The number of rotatable bonds is 0. The first-order chi connectivity index (χ1) is 7.07. The molecule has 0 heteroatoms. The van der Waals surface area contributed by atoms with Crippen LogP contribution >= 0.6 is 0 Å². The second-order valence-corrected chi connectivity index (χ2v) is 1.28. The van der Waals surface area contributed by atoms with Crippen LogP contribution < -0.4 is 0 Å². The van der Waals surface area contributed by atoms with E-state index in [-0.39, 0.29) is 29.7 Å². The van der Waals surface area contributed by atoms with Gasteiger partial charge in [-0.3, -0.25) is 0 Å². The Labute approximate surface area is 107 Å². The molecule has 0 aliphatic rings. The van der Waals surface area contributed by atoms with Crippen molar-refractivity contribution in [1.82, 2.24) is 0 Å². The van der Waals surface area contributed by atoms with Crippen molar-refractivity contribution in [2.75, 3.05) is 0 Å². The molecule has 0 radical (unpaired) electrons. The zero-order chi connectivity index (χ0) is 13.5. The third kappa shape index (κ3) is 2090. The molecule has 0 aliphatic heterocycles. The third-order valence-electron chi connectivity index (χ3n) is 0. The average molecular weight is 224 g/mol. The van der Waals surface area contributed by atoms with Crippen LogP contribution in [0.5, 0.6) is 0 Å². The van der Waals surface area contributed by atoms with E-state index in [9.17, 15) is 0 Å². The summed E-state index contributed by atoms with van der Waals surface area (Å²) in [6.45, 7) is 9.85. The lowest BCUT2D eigenvalue weighted by Crippen LogP contribution is -1.27. The highest BCUT2D eigenvalue weighted by Gasteiger charge is 1.35. The molecule has 0 aliphatic carbocycles. The standard InChI is InChI=1S/C3H8.2C3H4.C2H6.4CH4/c3*1-3-2;1-2;;;;/h3H2,1-2H3;2*1H,2H3;1-2H3;4*1H4/i;;;1T;1T2;;;. The fraction of sp³-hybridized carbons (Fsp3) is 0.733. The minimum atomic E-state index is -0.250. The summed E-state index contributed by atoms with van der Waals surface area (Å²) in [6, 6.07) is 0. The van der Waals surface area contributed by atoms with E-state index in [1.807, 2.05) is 0 Å². The molecule has 0 aromatic rings. The van der Waals surface area contributed by atoms with Gasteiger partial charge in [0.25, 0.3) is 0 Å². The topological polar surface area (TPSA) is 0 Å². The molecule has 0 unspecified atom stereocenters. The van der Waals surface area contributed by atoms with Crippen LogP contribution in [0.4, 0.5) is 0 Å². The van der Waals surface area contributed by atoms with Gasteiger partial charge in [-0.05, 0) is 13.8 Å². The van der Waals surface area contributed by atoms with Crippen LogP contribution in [0, 0.1) is 24.7 Å². The molecule has 0 aromatic carbocycles. The zero-order valence-electron chi connectivity index (χ0n) is 12.3. The van der Waals surface area contributed by atoms with Crippen LogP contribution in [0.3, 0.4) is 0 Å². The van der Waals surface area contributed by atoms with Gasteiger partial charge in [0.1, 0.15) is 0 Å². The molecule has 0 saturated carbocycles. The Morgan fingerprint density at radius 2 is 1.07 bits per heavy atom. The van der Waals surface area contributed by atoms with Crippen molar-refractivity contribution in [2.45, 2.75) is 77.6 Å². The van der Waals surface area contributed by atoms with Crippen molar-refractivity contribution < 1.29 is 4.11 Å². The van der Waals surface area contributed by atoms with Crippen molar-refractivity contribution in [3.8, 4) is 24.7 Å². The fourth-order valence-electron chi connectivity index (χ4n) is 0. The Morgan fingerprint density at radius 3 is 1.07 bits per heavy atom. The highest BCUT2D eigenvalue weighted by Crippen LogP contribution is 1.56. The first kappa shape index (κ1) is 29.2. The molecule has 98 valence electrons. The first-order valence-electron chi connectivity index (χ1n) is 5.82. The highest BCUT2D eigenvalue weighted by atomic mass is 13.4. The molecule has 0 rings (SSSR count). The van der Waals surface area contributed by atoms with E-state index in [1.165, 1.54) is 6.42 Å². The van der Waals surface area contributed by atoms with Crippen LogP contribution in [-0.2, 0) is 0 Å². The second-order valence-electron chi connectivity index (χ2n) is 1.28. The van der Waals surface area contributed by atoms with E-state index < -0.39 is 0 Å². The lowest BCUT2D eigenvalue weighted by atomic mass is 10.6. The normalized spacial score (nSPS) is 4.87. The minimum absolute atomic E-state index is 0. The summed E-state index contributed by atoms with van der Waals surface area (Å²) in [5.74, 6) is 4.50. The van der Waals surface area contributed by atoms with Gasteiger partial charge in [-0.15, -0.1) is 24.7 Å². The summed E-state index contributed by atoms with van der Waals surface area (Å²) in [7, 11) is -0.250. The van der Waals surface area contributed by atoms with Crippen LogP contribution in [0.15, 0.2) is 0 Å². The predicted molar refractivity (Wildman–Crippen MR) is 83.3 cm³/mol. The Hall–Kier alpha value is -0.880. The molecular weight excluding hydrogens is 180 g/mol. The van der Waals surface area contributed by atoms with E-state index >= 15 is 0 Å². The quantitative estimate of drug-likeness (QED) is 0.426. The van der Waals surface area contributed by atoms with Gasteiger partial charge in [-0.2, -0.15) is 0 Å². The van der Waals surface area contributed by atoms with E-state index in [0.717, 1.165) is 0 Å². The Balaban J connectivity index is -0.0000000111. The molecule has 0 heterocycles. The highest BCUT2D eigenvalue weighted by molar-refractivity contribution is 4.73. The summed E-state index contributed by atoms with van der Waals surface area (Å²) >= 11 is 0. The summed E-state index contributed by atoms with van der Waals surface area (Å²) in [5, 5.41) is 0. The molecule has 15 heavy (non-hydrogen) atoms. The lowest BCUT2D eigenvalue weighted by Gasteiger charge is -1.48. The summed E-state index contributed by atoms with van der Waals surface area (Å²) in [4.78, 5) is 0. The minimum Gasteiger partial charge on any atom is -0.120 e. The van der Waals surface area contributed by atoms with Crippen LogP contribution in [-0.4, -0.2) is 0 Å². The van der Waals surface area contributed by atoms with Crippen LogP contribution in [0.1, 0.15) is 81.7 Å². The van der Waals surface area contributed by atoms with Gasteiger partial charge >= 0.3 is 0 Å². The largest absolute Gasteiger partial charge is 0.120 e. The van der Waals surface area contributed by atoms with E-state index in [4.69, 9.17) is 4.11 Å². The lowest BCUT2D eigenvalue weighted by molar-refractivity contribution is 1.09. The summed E-state index contributed by atoms with van der Waals surface area (Å²) in [6.07, 6.45) is 10.4. The first-order valence-corrected chi connectivity index (χ1v) is 3.70. The Bertz CT molecular complexity index is 93.1. The van der Waals surface area contributed by atoms with E-state index in [1.54, 1.807) is 20.8 Å². The molecule has 0 bridgehead atoms. The predicted octanol–water partition coefficient (Wildman–Crippen LogP) is 6.27. The van der Waals surface area contributed by atoms with Gasteiger partial charge in [0.2, 0.25) is 0 Å². The van der Waals surface area contributed by atoms with Gasteiger partial charge < -0.3 is 0 Å². The van der Waals surface area contributed by atoms with Crippen molar-refractivity contribution in [1.29, 1.82) is 0 Å². The monoisotopic (exact) mass is 224 g/mol. The number of terminal acetylenes is 2. The maximum atomic E-state index is 6.21. The van der Waals surface area contributed by atoms with E-state index in [2.05, 4.69) is 38.5 Å². The number of hydrogen-bond donors (Lipinski definition) is 0. The maximum absolute atomic E-state index is 6.21. The number of hydrogen-bond acceptors (Lipinski definition) is 0. The van der Waals surface area contributed by atoms with Crippen molar-refractivity contribution in [3.05, 3.63) is 0 Å². The van der Waals surface area contributed by atoms with Gasteiger partial charge in [-0.25, -0.2) is 0 Å². The van der Waals surface area contributed by atoms with Gasteiger partial charge in [0, 0.05) is 4.11 Å². The molecule has 0 N–H and O–H groups in total. The smallest absolute Gasteiger partial charge is 0.0228 e. The molecule has 0 nitrogen and oxygen atoms in total. The molecule has 0 atom stereocenters. The Kier molecular flexibility index (Phi) is 835. The molecular formula is C15H38. The second kappa shape index (κ2) is 429. The molecule has 0 fully saturated rings. The molecule has 0 amide bonds. The summed E-state index contributed by atoms with van der Waals surface area (Å²) in [5.41, 5.74) is 0.